The van der Waals surface area contributed by atoms with E-state index in [1.54, 1.807) is 18.2 Å². The number of benzene rings is 1. The molecule has 0 saturated carbocycles. The summed E-state index contributed by atoms with van der Waals surface area (Å²) in [6, 6.07) is 6.54. The molecule has 0 bridgehead atoms. The van der Waals surface area contributed by atoms with Gasteiger partial charge < -0.3 is 10.5 Å². The monoisotopic (exact) mass is 268 g/mol. The van der Waals surface area contributed by atoms with E-state index in [0.717, 1.165) is 0 Å². The van der Waals surface area contributed by atoms with Crippen molar-refractivity contribution in [3.63, 3.8) is 0 Å². The van der Waals surface area contributed by atoms with Gasteiger partial charge in [-0.25, -0.2) is 13.1 Å². The van der Waals surface area contributed by atoms with Crippen molar-refractivity contribution in [3.05, 3.63) is 29.8 Å². The minimum absolute atomic E-state index is 0.155. The van der Waals surface area contributed by atoms with Crippen LogP contribution in [0.4, 0.5) is 0 Å². The standard InChI is InChI=1S/C12H16N2O3S/c1-17-10-9-14-18(15,16)12-7-3-2-5-11(12)6-4-8-13/h2-3,5,7,14H,8-10,13H2,1H3. The summed E-state index contributed by atoms with van der Waals surface area (Å²) in [5.74, 6) is 5.39. The molecule has 1 aromatic carbocycles. The van der Waals surface area contributed by atoms with E-state index in [9.17, 15) is 8.42 Å². The molecule has 0 heterocycles. The van der Waals surface area contributed by atoms with Gasteiger partial charge >= 0.3 is 0 Å². The zero-order valence-electron chi connectivity index (χ0n) is 10.1. The fourth-order valence-electron chi connectivity index (χ4n) is 1.31. The molecule has 1 rings (SSSR count). The van der Waals surface area contributed by atoms with Gasteiger partial charge in [-0.3, -0.25) is 0 Å². The Morgan fingerprint density at radius 1 is 1.39 bits per heavy atom. The van der Waals surface area contributed by atoms with E-state index in [1.165, 1.54) is 13.2 Å². The van der Waals surface area contributed by atoms with E-state index < -0.39 is 10.0 Å². The molecule has 0 aromatic heterocycles. The van der Waals surface area contributed by atoms with Crippen LogP contribution >= 0.6 is 0 Å². The lowest BCUT2D eigenvalue weighted by Crippen LogP contribution is -2.27. The molecule has 0 fully saturated rings. The SMILES string of the molecule is COCCNS(=O)(=O)c1ccccc1C#CCN. The number of rotatable bonds is 5. The average Bonchev–Trinajstić information content (AvgIpc) is 2.37. The highest BCUT2D eigenvalue weighted by Gasteiger charge is 2.16. The predicted octanol–water partition coefficient (Wildman–Crippen LogP) is -0.0785. The topological polar surface area (TPSA) is 81.4 Å². The molecule has 0 amide bonds. The van der Waals surface area contributed by atoms with Crippen LogP contribution in [0.1, 0.15) is 5.56 Å². The third-order valence-corrected chi connectivity index (χ3v) is 3.62. The van der Waals surface area contributed by atoms with Crippen molar-refractivity contribution >= 4 is 10.0 Å². The molecule has 5 nitrogen and oxygen atoms in total. The lowest BCUT2D eigenvalue weighted by Gasteiger charge is -2.07. The number of nitrogens with one attached hydrogen (secondary N) is 1. The molecule has 0 aliphatic carbocycles. The Balaban J connectivity index is 3.01. The second kappa shape index (κ2) is 7.13. The summed E-state index contributed by atoms with van der Waals surface area (Å²) in [6.45, 7) is 0.721. The van der Waals surface area contributed by atoms with Crippen LogP contribution in [0.25, 0.3) is 0 Å². The molecule has 6 heteroatoms. The predicted molar refractivity (Wildman–Crippen MR) is 69.4 cm³/mol. The number of ether oxygens (including phenoxy) is 1. The highest BCUT2D eigenvalue weighted by molar-refractivity contribution is 7.89. The Morgan fingerprint density at radius 3 is 2.78 bits per heavy atom. The van der Waals surface area contributed by atoms with Gasteiger partial charge in [0.1, 0.15) is 0 Å². The summed E-state index contributed by atoms with van der Waals surface area (Å²) in [5.41, 5.74) is 5.72. The molecule has 0 unspecified atom stereocenters. The van der Waals surface area contributed by atoms with Gasteiger partial charge in [-0.05, 0) is 12.1 Å². The first-order valence-electron chi connectivity index (χ1n) is 5.38. The molecular formula is C12H16N2O3S. The van der Waals surface area contributed by atoms with E-state index >= 15 is 0 Å². The lowest BCUT2D eigenvalue weighted by atomic mass is 10.2. The van der Waals surface area contributed by atoms with Crippen molar-refractivity contribution in [2.24, 2.45) is 5.73 Å². The molecule has 0 saturated heterocycles. The maximum atomic E-state index is 12.0. The van der Waals surface area contributed by atoms with Crippen LogP contribution in [-0.4, -0.2) is 35.2 Å². The average molecular weight is 268 g/mol. The smallest absolute Gasteiger partial charge is 0.241 e. The molecule has 18 heavy (non-hydrogen) atoms. The third kappa shape index (κ3) is 4.13. The summed E-state index contributed by atoms with van der Waals surface area (Å²) in [5, 5.41) is 0. The number of hydrogen-bond acceptors (Lipinski definition) is 4. The number of nitrogens with two attached hydrogens (primary N) is 1. The summed E-state index contributed by atoms with van der Waals surface area (Å²) >= 11 is 0. The van der Waals surface area contributed by atoms with Crippen LogP contribution < -0.4 is 10.5 Å². The first-order chi connectivity index (χ1) is 8.61. The summed E-state index contributed by atoms with van der Waals surface area (Å²) in [7, 11) is -2.06. The Kier molecular flexibility index (Phi) is 5.82. The molecule has 0 aliphatic heterocycles. The number of methoxy groups -OCH3 is 1. The molecule has 98 valence electrons. The van der Waals surface area contributed by atoms with Crippen molar-refractivity contribution in [1.82, 2.24) is 4.72 Å². The maximum absolute atomic E-state index is 12.0. The summed E-state index contributed by atoms with van der Waals surface area (Å²) in [4.78, 5) is 0.155. The van der Waals surface area contributed by atoms with E-state index in [2.05, 4.69) is 16.6 Å². The van der Waals surface area contributed by atoms with Gasteiger partial charge in [0.25, 0.3) is 0 Å². The Morgan fingerprint density at radius 2 is 2.11 bits per heavy atom. The quantitative estimate of drug-likeness (QED) is 0.578. The van der Waals surface area contributed by atoms with Crippen LogP contribution in [0.2, 0.25) is 0 Å². The van der Waals surface area contributed by atoms with E-state index in [0.29, 0.717) is 12.2 Å². The van der Waals surface area contributed by atoms with Gasteiger partial charge in [0.05, 0.1) is 18.0 Å². The molecule has 0 aliphatic rings. The highest BCUT2D eigenvalue weighted by atomic mass is 32.2. The van der Waals surface area contributed by atoms with Crippen molar-refractivity contribution < 1.29 is 13.2 Å². The first kappa shape index (κ1) is 14.7. The van der Waals surface area contributed by atoms with E-state index in [-0.39, 0.29) is 18.0 Å². The third-order valence-electron chi connectivity index (χ3n) is 2.10. The molecule has 0 radical (unpaired) electrons. The highest BCUT2D eigenvalue weighted by Crippen LogP contribution is 2.13. The Hall–Kier alpha value is -1.39. The molecule has 0 atom stereocenters. The van der Waals surface area contributed by atoms with Crippen LogP contribution in [-0.2, 0) is 14.8 Å². The van der Waals surface area contributed by atoms with Gasteiger partial charge in [-0.1, -0.05) is 24.0 Å². The van der Waals surface area contributed by atoms with Crippen LogP contribution in [0.3, 0.4) is 0 Å². The Labute approximate surface area is 107 Å². The first-order valence-corrected chi connectivity index (χ1v) is 6.86. The summed E-state index contributed by atoms with van der Waals surface area (Å²) < 4.78 is 31.3. The normalized spacial score (nSPS) is 10.8. The fraction of sp³-hybridized carbons (Fsp3) is 0.333. The van der Waals surface area contributed by atoms with Gasteiger partial charge in [-0.15, -0.1) is 0 Å². The molecule has 0 spiro atoms. The zero-order valence-corrected chi connectivity index (χ0v) is 11.0. The second-order valence-corrected chi connectivity index (χ2v) is 5.13. The summed E-state index contributed by atoms with van der Waals surface area (Å²) in [6.07, 6.45) is 0. The van der Waals surface area contributed by atoms with Crippen LogP contribution in [0.15, 0.2) is 29.2 Å². The minimum atomic E-state index is -3.57. The fourth-order valence-corrected chi connectivity index (χ4v) is 2.48. The largest absolute Gasteiger partial charge is 0.383 e. The van der Waals surface area contributed by atoms with Crippen LogP contribution in [0, 0.1) is 11.8 Å². The molecule has 3 N–H and O–H groups in total. The van der Waals surface area contributed by atoms with Gasteiger partial charge in [0.15, 0.2) is 0 Å². The lowest BCUT2D eigenvalue weighted by molar-refractivity contribution is 0.204. The van der Waals surface area contributed by atoms with Crippen molar-refractivity contribution in [1.29, 1.82) is 0 Å². The number of hydrogen-bond donors (Lipinski definition) is 2. The second-order valence-electron chi connectivity index (χ2n) is 3.39. The Bertz CT molecular complexity index is 544. The van der Waals surface area contributed by atoms with Crippen LogP contribution in [0.5, 0.6) is 0 Å². The van der Waals surface area contributed by atoms with Gasteiger partial charge in [0.2, 0.25) is 10.0 Å². The molecule has 1 aromatic rings. The number of sulfonamides is 1. The van der Waals surface area contributed by atoms with Gasteiger partial charge in [-0.2, -0.15) is 0 Å². The zero-order chi connectivity index (χ0) is 13.4. The minimum Gasteiger partial charge on any atom is -0.383 e. The van der Waals surface area contributed by atoms with E-state index in [4.69, 9.17) is 10.5 Å². The van der Waals surface area contributed by atoms with E-state index in [1.807, 2.05) is 0 Å². The maximum Gasteiger partial charge on any atom is 0.241 e. The van der Waals surface area contributed by atoms with Gasteiger partial charge in [0, 0.05) is 19.2 Å². The van der Waals surface area contributed by atoms with Crippen molar-refractivity contribution in [2.45, 2.75) is 4.90 Å². The van der Waals surface area contributed by atoms with Crippen molar-refractivity contribution in [3.8, 4) is 11.8 Å². The molecular weight excluding hydrogens is 252 g/mol. The van der Waals surface area contributed by atoms with Crippen molar-refractivity contribution in [2.75, 3.05) is 26.8 Å².